The van der Waals surface area contributed by atoms with Gasteiger partial charge in [-0.2, -0.15) is 0 Å². The second-order valence-corrected chi connectivity index (χ2v) is 5.09. The fourth-order valence-electron chi connectivity index (χ4n) is 2.16. The number of hydrogen-bond donors (Lipinski definition) is 2. The number of anilines is 1. The number of aliphatic hydroxyl groups excluding tert-OH is 1. The third-order valence-corrected chi connectivity index (χ3v) is 3.30. The smallest absolute Gasteiger partial charge is 0.164 e. The van der Waals surface area contributed by atoms with Gasteiger partial charge in [-0.15, -0.1) is 0 Å². The molecule has 0 aliphatic carbocycles. The van der Waals surface area contributed by atoms with E-state index in [1.165, 1.54) is 12.1 Å². The molecule has 2 aromatic carbocycles. The Hall–Kier alpha value is -1.94. The first-order valence-electron chi connectivity index (χ1n) is 6.36. The van der Waals surface area contributed by atoms with Gasteiger partial charge in [-0.3, -0.25) is 0 Å². The van der Waals surface area contributed by atoms with Crippen LogP contribution >= 0.6 is 0 Å². The largest absolute Gasteiger partial charge is 0.394 e. The van der Waals surface area contributed by atoms with E-state index in [4.69, 9.17) is 0 Å². The summed E-state index contributed by atoms with van der Waals surface area (Å²) in [5, 5.41) is 12.7. The highest BCUT2D eigenvalue weighted by Gasteiger charge is 2.30. The third-order valence-electron chi connectivity index (χ3n) is 3.30. The zero-order valence-corrected chi connectivity index (χ0v) is 11.5. The molecule has 1 unspecified atom stereocenters. The molecule has 2 nitrogen and oxygen atoms in total. The highest BCUT2D eigenvalue weighted by molar-refractivity contribution is 5.49. The highest BCUT2D eigenvalue weighted by atomic mass is 19.2. The molecule has 0 amide bonds. The van der Waals surface area contributed by atoms with Gasteiger partial charge in [-0.1, -0.05) is 24.3 Å². The lowest BCUT2D eigenvalue weighted by Gasteiger charge is -2.31. The monoisotopic (exact) mass is 277 g/mol. The van der Waals surface area contributed by atoms with Gasteiger partial charge in [0, 0.05) is 11.3 Å². The summed E-state index contributed by atoms with van der Waals surface area (Å²) in [5.41, 5.74) is 0.779. The van der Waals surface area contributed by atoms with Gasteiger partial charge in [0.1, 0.15) is 0 Å². The molecule has 0 aliphatic rings. The van der Waals surface area contributed by atoms with Gasteiger partial charge < -0.3 is 10.4 Å². The summed E-state index contributed by atoms with van der Waals surface area (Å²) in [5.74, 6) is -1.86. The third kappa shape index (κ3) is 2.80. The number of rotatable bonds is 4. The van der Waals surface area contributed by atoms with Crippen molar-refractivity contribution in [1.82, 2.24) is 0 Å². The fourth-order valence-corrected chi connectivity index (χ4v) is 2.16. The molecule has 2 aromatic rings. The van der Waals surface area contributed by atoms with Gasteiger partial charge in [-0.05, 0) is 37.6 Å². The fraction of sp³-hybridized carbons (Fsp3) is 0.250. The first kappa shape index (κ1) is 14.5. The molecule has 2 N–H and O–H groups in total. The molecular weight excluding hydrogens is 260 g/mol. The van der Waals surface area contributed by atoms with Crippen LogP contribution < -0.4 is 5.32 Å². The Morgan fingerprint density at radius 2 is 1.85 bits per heavy atom. The van der Waals surface area contributed by atoms with Crippen LogP contribution in [-0.4, -0.2) is 11.7 Å². The average Bonchev–Trinajstić information content (AvgIpc) is 2.41. The van der Waals surface area contributed by atoms with E-state index in [0.717, 1.165) is 17.3 Å². The molecule has 106 valence electrons. The lowest BCUT2D eigenvalue weighted by molar-refractivity contribution is 0.219. The summed E-state index contributed by atoms with van der Waals surface area (Å²) in [4.78, 5) is 0. The summed E-state index contributed by atoms with van der Waals surface area (Å²) < 4.78 is 27.3. The minimum atomic E-state index is -1.10. The van der Waals surface area contributed by atoms with Gasteiger partial charge in [0.15, 0.2) is 11.6 Å². The molecule has 20 heavy (non-hydrogen) atoms. The predicted octanol–water partition coefficient (Wildman–Crippen LogP) is 3.59. The van der Waals surface area contributed by atoms with E-state index >= 15 is 0 Å². The Labute approximate surface area is 117 Å². The quantitative estimate of drug-likeness (QED) is 0.895. The van der Waals surface area contributed by atoms with E-state index < -0.39 is 17.2 Å². The second kappa shape index (κ2) is 5.59. The van der Waals surface area contributed by atoms with Gasteiger partial charge in [-0.25, -0.2) is 8.78 Å². The summed E-state index contributed by atoms with van der Waals surface area (Å²) in [6, 6.07) is 11.4. The van der Waals surface area contributed by atoms with Gasteiger partial charge in [0.05, 0.1) is 12.1 Å². The van der Waals surface area contributed by atoms with Crippen molar-refractivity contribution >= 4 is 5.69 Å². The van der Waals surface area contributed by atoms with Crippen molar-refractivity contribution in [2.24, 2.45) is 0 Å². The Balaban J connectivity index is 2.41. The number of halogens is 2. The topological polar surface area (TPSA) is 32.3 Å². The predicted molar refractivity (Wildman–Crippen MR) is 75.6 cm³/mol. The summed E-state index contributed by atoms with van der Waals surface area (Å²) in [6.45, 7) is 3.21. The normalized spacial score (nSPS) is 13.8. The van der Waals surface area contributed by atoms with Crippen LogP contribution in [0.5, 0.6) is 0 Å². The number of benzene rings is 2. The maximum absolute atomic E-state index is 13.9. The van der Waals surface area contributed by atoms with Crippen molar-refractivity contribution in [3.8, 4) is 0 Å². The number of nitrogens with one attached hydrogen (secondary N) is 1. The zero-order chi connectivity index (χ0) is 14.8. The van der Waals surface area contributed by atoms with Crippen molar-refractivity contribution in [1.29, 1.82) is 0 Å². The SMILES string of the molecule is Cc1cccc(NC(C)(CO)c2cccc(F)c2F)c1. The van der Waals surface area contributed by atoms with E-state index in [1.54, 1.807) is 6.92 Å². The molecule has 1 atom stereocenters. The van der Waals surface area contributed by atoms with Crippen LogP contribution in [0, 0.1) is 18.6 Å². The van der Waals surface area contributed by atoms with E-state index in [-0.39, 0.29) is 12.2 Å². The molecule has 0 aliphatic heterocycles. The number of hydrogen-bond acceptors (Lipinski definition) is 2. The molecule has 0 spiro atoms. The highest BCUT2D eigenvalue weighted by Crippen LogP contribution is 2.29. The zero-order valence-electron chi connectivity index (χ0n) is 11.5. The average molecular weight is 277 g/mol. The summed E-state index contributed by atoms with van der Waals surface area (Å²) in [7, 11) is 0. The molecule has 0 bridgehead atoms. The Kier molecular flexibility index (Phi) is 4.04. The van der Waals surface area contributed by atoms with Crippen LogP contribution in [0.1, 0.15) is 18.1 Å². The Bertz CT molecular complexity index is 615. The van der Waals surface area contributed by atoms with Gasteiger partial charge in [0.25, 0.3) is 0 Å². The van der Waals surface area contributed by atoms with E-state index in [0.29, 0.717) is 0 Å². The molecule has 2 rings (SSSR count). The van der Waals surface area contributed by atoms with Crippen LogP contribution in [0.2, 0.25) is 0 Å². The van der Waals surface area contributed by atoms with Crippen molar-refractivity contribution < 1.29 is 13.9 Å². The molecular formula is C16H17F2NO. The minimum Gasteiger partial charge on any atom is -0.394 e. The maximum atomic E-state index is 13.9. The van der Waals surface area contributed by atoms with Crippen LogP contribution in [0.4, 0.5) is 14.5 Å². The van der Waals surface area contributed by atoms with E-state index in [1.807, 2.05) is 31.2 Å². The van der Waals surface area contributed by atoms with Crippen LogP contribution in [0.15, 0.2) is 42.5 Å². The minimum absolute atomic E-state index is 0.0986. The van der Waals surface area contributed by atoms with Gasteiger partial charge >= 0.3 is 0 Å². The standard InChI is InChI=1S/C16H17F2NO/c1-11-5-3-6-12(9-11)19-16(2,10-20)13-7-4-8-14(17)15(13)18/h3-9,19-20H,10H2,1-2H3. The van der Waals surface area contributed by atoms with Gasteiger partial charge in [0.2, 0.25) is 0 Å². The first-order chi connectivity index (χ1) is 9.46. The molecule has 0 saturated heterocycles. The lowest BCUT2D eigenvalue weighted by Crippen LogP contribution is -2.37. The van der Waals surface area contributed by atoms with Crippen molar-refractivity contribution in [3.63, 3.8) is 0 Å². The summed E-state index contributed by atoms with van der Waals surface area (Å²) >= 11 is 0. The van der Waals surface area contributed by atoms with Crippen molar-refractivity contribution in [2.45, 2.75) is 19.4 Å². The van der Waals surface area contributed by atoms with Crippen LogP contribution in [0.25, 0.3) is 0 Å². The molecule has 0 saturated carbocycles. The molecule has 0 aromatic heterocycles. The van der Waals surface area contributed by atoms with Crippen LogP contribution in [0.3, 0.4) is 0 Å². The molecule has 0 radical (unpaired) electrons. The Morgan fingerprint density at radius 3 is 2.50 bits per heavy atom. The molecule has 4 heteroatoms. The van der Waals surface area contributed by atoms with Crippen LogP contribution in [-0.2, 0) is 5.54 Å². The lowest BCUT2D eigenvalue weighted by atomic mass is 9.91. The molecule has 0 fully saturated rings. The van der Waals surface area contributed by atoms with E-state index in [9.17, 15) is 13.9 Å². The Morgan fingerprint density at radius 1 is 1.15 bits per heavy atom. The maximum Gasteiger partial charge on any atom is 0.164 e. The molecule has 0 heterocycles. The van der Waals surface area contributed by atoms with Crippen molar-refractivity contribution in [3.05, 3.63) is 65.2 Å². The summed E-state index contributed by atoms with van der Waals surface area (Å²) in [6.07, 6.45) is 0. The van der Waals surface area contributed by atoms with E-state index in [2.05, 4.69) is 5.32 Å². The van der Waals surface area contributed by atoms with Crippen molar-refractivity contribution in [2.75, 3.05) is 11.9 Å². The number of aliphatic hydroxyl groups is 1. The second-order valence-electron chi connectivity index (χ2n) is 5.09. The number of aryl methyl sites for hydroxylation is 1. The first-order valence-corrected chi connectivity index (χ1v) is 6.36.